The van der Waals surface area contributed by atoms with Crippen LogP contribution in [0.2, 0.25) is 0 Å². The molecular weight excluding hydrogens is 466 g/mol. The van der Waals surface area contributed by atoms with Crippen molar-refractivity contribution in [3.63, 3.8) is 0 Å². The zero-order chi connectivity index (χ0) is 26.3. The summed E-state index contributed by atoms with van der Waals surface area (Å²) in [6.07, 6.45) is 6.40. The van der Waals surface area contributed by atoms with Crippen LogP contribution in [0.4, 0.5) is 11.6 Å². The normalized spacial score (nSPS) is 15.7. The molecular formula is C28H33N7O2. The quantitative estimate of drug-likeness (QED) is 0.375. The minimum Gasteiger partial charge on any atom is -0.384 e. The summed E-state index contributed by atoms with van der Waals surface area (Å²) in [5.74, 6) is 0.861. The summed E-state index contributed by atoms with van der Waals surface area (Å²) in [7, 11) is 4.27. The number of hydrogen-bond donors (Lipinski definition) is 2. The molecule has 0 aliphatic heterocycles. The number of hydrogen-bond acceptors (Lipinski definition) is 7. The standard InChI is InChI=1S/C28H33N7O2/c1-6-14-34-26(36)22-17-29-27(30-20-12-10-19-16-21(33(4)5)13-11-18(19)15-20)32-25(22)35(34)24-9-7-8-23(31-24)28(2,3)37/h6-10,12,15,17,21,37H,1,11,13-14,16H2,2-5H3,(H,29,30,32). The average molecular weight is 500 g/mol. The van der Waals surface area contributed by atoms with Crippen molar-refractivity contribution >= 4 is 22.7 Å². The Labute approximate surface area is 216 Å². The van der Waals surface area contributed by atoms with Crippen LogP contribution in [0.25, 0.3) is 16.9 Å². The van der Waals surface area contributed by atoms with Gasteiger partial charge in [0.15, 0.2) is 11.5 Å². The summed E-state index contributed by atoms with van der Waals surface area (Å²) in [6.45, 7) is 7.41. The topological polar surface area (TPSA) is 101 Å². The van der Waals surface area contributed by atoms with Crippen LogP contribution in [0.5, 0.6) is 0 Å². The summed E-state index contributed by atoms with van der Waals surface area (Å²) in [4.78, 5) is 29.3. The third kappa shape index (κ3) is 4.80. The number of aliphatic hydroxyl groups is 1. The highest BCUT2D eigenvalue weighted by molar-refractivity contribution is 5.77. The summed E-state index contributed by atoms with van der Waals surface area (Å²) >= 11 is 0. The van der Waals surface area contributed by atoms with Gasteiger partial charge < -0.3 is 15.3 Å². The molecule has 37 heavy (non-hydrogen) atoms. The van der Waals surface area contributed by atoms with Gasteiger partial charge in [0.25, 0.3) is 5.56 Å². The molecule has 0 radical (unpaired) electrons. The third-order valence-corrected chi connectivity index (χ3v) is 6.95. The highest BCUT2D eigenvalue weighted by Crippen LogP contribution is 2.28. The maximum Gasteiger partial charge on any atom is 0.278 e. The number of allylic oxidation sites excluding steroid dienone is 1. The summed E-state index contributed by atoms with van der Waals surface area (Å²) < 4.78 is 3.18. The smallest absolute Gasteiger partial charge is 0.278 e. The SMILES string of the molecule is C=CCn1c(=O)c2cnc(Nc3ccc4c(c3)CCC(N(C)C)C4)nc2n1-c1cccc(C(C)(C)O)n1. The van der Waals surface area contributed by atoms with Gasteiger partial charge in [-0.1, -0.05) is 18.2 Å². The highest BCUT2D eigenvalue weighted by atomic mass is 16.3. The van der Waals surface area contributed by atoms with E-state index in [9.17, 15) is 9.90 Å². The van der Waals surface area contributed by atoms with E-state index in [1.807, 2.05) is 0 Å². The molecule has 3 heterocycles. The second-order valence-corrected chi connectivity index (χ2v) is 10.3. The number of rotatable bonds is 7. The zero-order valence-corrected chi connectivity index (χ0v) is 21.8. The van der Waals surface area contributed by atoms with Gasteiger partial charge in [-0.25, -0.2) is 19.3 Å². The maximum absolute atomic E-state index is 13.2. The van der Waals surface area contributed by atoms with Crippen LogP contribution in [0.3, 0.4) is 0 Å². The number of pyridine rings is 1. The summed E-state index contributed by atoms with van der Waals surface area (Å²) in [5, 5.41) is 14.2. The molecule has 1 atom stereocenters. The Morgan fingerprint density at radius 3 is 2.76 bits per heavy atom. The van der Waals surface area contributed by atoms with Gasteiger partial charge in [-0.2, -0.15) is 4.98 Å². The van der Waals surface area contributed by atoms with E-state index in [-0.39, 0.29) is 12.1 Å². The molecule has 0 bridgehead atoms. The first kappa shape index (κ1) is 24.9. The lowest BCUT2D eigenvalue weighted by Gasteiger charge is -2.30. The first-order valence-corrected chi connectivity index (χ1v) is 12.5. The molecule has 0 fully saturated rings. The van der Waals surface area contributed by atoms with E-state index in [0.717, 1.165) is 24.9 Å². The van der Waals surface area contributed by atoms with Gasteiger partial charge in [0.2, 0.25) is 5.95 Å². The molecule has 0 saturated heterocycles. The molecule has 2 N–H and O–H groups in total. The Hall–Kier alpha value is -3.82. The van der Waals surface area contributed by atoms with Crippen molar-refractivity contribution in [1.29, 1.82) is 0 Å². The largest absolute Gasteiger partial charge is 0.384 e. The molecule has 192 valence electrons. The summed E-state index contributed by atoms with van der Waals surface area (Å²) in [5.41, 5.74) is 3.16. The lowest BCUT2D eigenvalue weighted by molar-refractivity contribution is 0.0738. The average Bonchev–Trinajstić information content (AvgIpc) is 3.14. The molecule has 0 saturated carbocycles. The zero-order valence-electron chi connectivity index (χ0n) is 21.8. The van der Waals surface area contributed by atoms with E-state index in [1.54, 1.807) is 49.0 Å². The van der Waals surface area contributed by atoms with Gasteiger partial charge in [0.05, 0.1) is 12.2 Å². The molecule has 1 aliphatic carbocycles. The van der Waals surface area contributed by atoms with Crippen molar-refractivity contribution in [2.24, 2.45) is 0 Å². The monoisotopic (exact) mass is 499 g/mol. The third-order valence-electron chi connectivity index (χ3n) is 6.95. The van der Waals surface area contributed by atoms with Crippen molar-refractivity contribution in [3.05, 3.63) is 82.4 Å². The number of aryl methyl sites for hydroxylation is 1. The number of aromatic nitrogens is 5. The van der Waals surface area contributed by atoms with Crippen LogP contribution in [0.1, 0.15) is 37.1 Å². The lowest BCUT2D eigenvalue weighted by atomic mass is 9.87. The number of fused-ring (bicyclic) bond motifs is 2. The van der Waals surface area contributed by atoms with Crippen LogP contribution >= 0.6 is 0 Å². The number of nitrogens with one attached hydrogen (secondary N) is 1. The molecule has 5 rings (SSSR count). The molecule has 0 amide bonds. The van der Waals surface area contributed by atoms with E-state index in [2.05, 4.69) is 59.1 Å². The number of likely N-dealkylation sites (N-methyl/N-ethyl adjacent to an activating group) is 1. The van der Waals surface area contributed by atoms with Crippen molar-refractivity contribution in [2.45, 2.75) is 51.3 Å². The predicted molar refractivity (Wildman–Crippen MR) is 146 cm³/mol. The highest BCUT2D eigenvalue weighted by Gasteiger charge is 2.23. The lowest BCUT2D eigenvalue weighted by Crippen LogP contribution is -2.33. The van der Waals surface area contributed by atoms with Crippen molar-refractivity contribution in [3.8, 4) is 5.82 Å². The van der Waals surface area contributed by atoms with Crippen LogP contribution in [-0.2, 0) is 25.0 Å². The fourth-order valence-corrected chi connectivity index (χ4v) is 4.87. The molecule has 4 aromatic rings. The molecule has 9 heteroatoms. The van der Waals surface area contributed by atoms with E-state index >= 15 is 0 Å². The Morgan fingerprint density at radius 1 is 1.22 bits per heavy atom. The molecule has 1 aliphatic rings. The van der Waals surface area contributed by atoms with E-state index in [1.165, 1.54) is 15.8 Å². The first-order chi connectivity index (χ1) is 17.7. The Bertz CT molecular complexity index is 1530. The van der Waals surface area contributed by atoms with Gasteiger partial charge in [-0.05, 0) is 82.6 Å². The fraction of sp³-hybridized carbons (Fsp3) is 0.357. The number of benzene rings is 1. The van der Waals surface area contributed by atoms with Gasteiger partial charge >= 0.3 is 0 Å². The molecule has 9 nitrogen and oxygen atoms in total. The summed E-state index contributed by atoms with van der Waals surface area (Å²) in [6, 6.07) is 12.3. The fourth-order valence-electron chi connectivity index (χ4n) is 4.87. The van der Waals surface area contributed by atoms with Crippen LogP contribution < -0.4 is 10.9 Å². The molecule has 3 aromatic heterocycles. The van der Waals surface area contributed by atoms with Crippen LogP contribution in [0, 0.1) is 0 Å². The first-order valence-electron chi connectivity index (χ1n) is 12.5. The number of anilines is 2. The van der Waals surface area contributed by atoms with Gasteiger partial charge in [-0.3, -0.25) is 4.79 Å². The minimum atomic E-state index is -1.14. The van der Waals surface area contributed by atoms with Gasteiger partial charge in [-0.15, -0.1) is 6.58 Å². The molecule has 0 spiro atoms. The van der Waals surface area contributed by atoms with E-state index in [4.69, 9.17) is 4.98 Å². The Morgan fingerprint density at radius 2 is 2.03 bits per heavy atom. The minimum absolute atomic E-state index is 0.235. The van der Waals surface area contributed by atoms with Crippen molar-refractivity contribution < 1.29 is 5.11 Å². The Balaban J connectivity index is 1.55. The molecule has 1 unspecified atom stereocenters. The van der Waals surface area contributed by atoms with Crippen molar-refractivity contribution in [1.82, 2.24) is 29.2 Å². The van der Waals surface area contributed by atoms with Crippen LogP contribution in [-0.4, -0.2) is 54.5 Å². The van der Waals surface area contributed by atoms with Crippen LogP contribution in [0.15, 0.2) is 60.0 Å². The Kier molecular flexibility index (Phi) is 6.43. The number of nitrogens with zero attached hydrogens (tertiary/aromatic N) is 6. The predicted octanol–water partition coefficient (Wildman–Crippen LogP) is 3.55. The maximum atomic E-state index is 13.2. The second-order valence-electron chi connectivity index (χ2n) is 10.3. The van der Waals surface area contributed by atoms with E-state index in [0.29, 0.717) is 34.5 Å². The van der Waals surface area contributed by atoms with Gasteiger partial charge in [0, 0.05) is 17.9 Å². The van der Waals surface area contributed by atoms with E-state index < -0.39 is 5.60 Å². The second kappa shape index (κ2) is 9.57. The van der Waals surface area contributed by atoms with Gasteiger partial charge in [0.1, 0.15) is 11.0 Å². The van der Waals surface area contributed by atoms with Crippen molar-refractivity contribution in [2.75, 3.05) is 19.4 Å². The molecule has 1 aromatic carbocycles.